The van der Waals surface area contributed by atoms with Gasteiger partial charge in [0, 0.05) is 30.9 Å². The van der Waals surface area contributed by atoms with Crippen LogP contribution in [0.25, 0.3) is 0 Å². The zero-order chi connectivity index (χ0) is 16.3. The van der Waals surface area contributed by atoms with Crippen molar-refractivity contribution in [2.45, 2.75) is 66.7 Å². The molecule has 0 N–H and O–H groups in total. The van der Waals surface area contributed by atoms with E-state index < -0.39 is 0 Å². The topological polar surface area (TPSA) is 43.9 Å². The second kappa shape index (κ2) is 11.1. The summed E-state index contributed by atoms with van der Waals surface area (Å²) in [5.41, 5.74) is 2.19. The van der Waals surface area contributed by atoms with Crippen LogP contribution in [0.5, 0.6) is 0 Å². The predicted molar refractivity (Wildman–Crippen MR) is 88.5 cm³/mol. The van der Waals surface area contributed by atoms with E-state index in [0.29, 0.717) is 5.92 Å². The fourth-order valence-electron chi connectivity index (χ4n) is 1.38. The first-order valence-electron chi connectivity index (χ1n) is 7.96. The standard InChI is InChI=1S/C7H9NO.C5H8N2.C3H8.C2H6/c1-5-4-7(9-8-5)6-2-3-6;1-5-3-4-6-7(5)2;1-3-2;1-2/h4,6H,2-3H2,1H3;3-4H,1-2H3;3H2,1-2H3;1-2H3. The fourth-order valence-corrected chi connectivity index (χ4v) is 1.38. The summed E-state index contributed by atoms with van der Waals surface area (Å²) in [5, 5.41) is 7.74. The second-order valence-corrected chi connectivity index (χ2v) is 4.95. The molecule has 0 aromatic carbocycles. The van der Waals surface area contributed by atoms with Crippen LogP contribution in [0.1, 0.15) is 70.0 Å². The van der Waals surface area contributed by atoms with E-state index >= 15 is 0 Å². The predicted octanol–water partition coefficient (Wildman–Crippen LogP) is 5.03. The Balaban J connectivity index is 0.000000299. The summed E-state index contributed by atoms with van der Waals surface area (Å²) in [6, 6.07) is 4.00. The van der Waals surface area contributed by atoms with Gasteiger partial charge in [0.05, 0.1) is 5.69 Å². The maximum Gasteiger partial charge on any atom is 0.140 e. The highest BCUT2D eigenvalue weighted by molar-refractivity contribution is 5.13. The van der Waals surface area contributed by atoms with Crippen molar-refractivity contribution in [3.05, 3.63) is 35.5 Å². The van der Waals surface area contributed by atoms with Crippen molar-refractivity contribution >= 4 is 0 Å². The number of aromatic nitrogens is 3. The van der Waals surface area contributed by atoms with Gasteiger partial charge < -0.3 is 4.52 Å². The van der Waals surface area contributed by atoms with Crippen molar-refractivity contribution in [3.8, 4) is 0 Å². The average Bonchev–Trinajstić information content (AvgIpc) is 3.14. The number of hydrogen-bond acceptors (Lipinski definition) is 3. The molecule has 0 amide bonds. The van der Waals surface area contributed by atoms with Crippen LogP contribution in [0.4, 0.5) is 0 Å². The molecule has 2 heterocycles. The Hall–Kier alpha value is -1.58. The molecule has 0 radical (unpaired) electrons. The number of aryl methyl sites for hydroxylation is 3. The molecule has 4 heteroatoms. The van der Waals surface area contributed by atoms with Crippen molar-refractivity contribution in [1.29, 1.82) is 0 Å². The SMILES string of the molecule is CC.CCC.Cc1cc(C2CC2)on1.Cc1ccnn1C. The van der Waals surface area contributed by atoms with Gasteiger partial charge in [-0.3, -0.25) is 4.68 Å². The smallest absolute Gasteiger partial charge is 0.140 e. The summed E-state index contributed by atoms with van der Waals surface area (Å²) < 4.78 is 6.87. The Morgan fingerprint density at radius 1 is 1.24 bits per heavy atom. The molecule has 4 nitrogen and oxygen atoms in total. The molecule has 2 aromatic rings. The van der Waals surface area contributed by atoms with E-state index in [2.05, 4.69) is 24.1 Å². The van der Waals surface area contributed by atoms with E-state index in [1.165, 1.54) is 25.0 Å². The van der Waals surface area contributed by atoms with Gasteiger partial charge in [-0.25, -0.2) is 0 Å². The quantitative estimate of drug-likeness (QED) is 0.740. The zero-order valence-corrected chi connectivity index (χ0v) is 14.7. The van der Waals surface area contributed by atoms with E-state index in [1.807, 2.05) is 51.6 Å². The monoisotopic (exact) mass is 293 g/mol. The lowest BCUT2D eigenvalue weighted by Crippen LogP contribution is -1.90. The second-order valence-electron chi connectivity index (χ2n) is 4.95. The normalized spacial score (nSPS) is 12.1. The lowest BCUT2D eigenvalue weighted by atomic mass is 10.3. The van der Waals surface area contributed by atoms with Gasteiger partial charge in [-0.1, -0.05) is 39.3 Å². The largest absolute Gasteiger partial charge is 0.361 e. The van der Waals surface area contributed by atoms with E-state index in [0.717, 1.165) is 11.5 Å². The van der Waals surface area contributed by atoms with Crippen molar-refractivity contribution < 1.29 is 4.52 Å². The molecule has 1 aliphatic carbocycles. The van der Waals surface area contributed by atoms with Crippen LogP contribution in [0.3, 0.4) is 0 Å². The van der Waals surface area contributed by atoms with Crippen LogP contribution in [0, 0.1) is 13.8 Å². The highest BCUT2D eigenvalue weighted by atomic mass is 16.5. The number of nitrogens with zero attached hydrogens (tertiary/aromatic N) is 3. The molecule has 3 rings (SSSR count). The Kier molecular flexibility index (Phi) is 10.3. The molecular formula is C17H31N3O. The van der Waals surface area contributed by atoms with E-state index in [-0.39, 0.29) is 0 Å². The third-order valence-corrected chi connectivity index (χ3v) is 2.69. The van der Waals surface area contributed by atoms with Gasteiger partial charge in [0.15, 0.2) is 0 Å². The highest BCUT2D eigenvalue weighted by Crippen LogP contribution is 2.39. The molecule has 0 spiro atoms. The van der Waals surface area contributed by atoms with E-state index in [1.54, 1.807) is 6.20 Å². The number of rotatable bonds is 1. The van der Waals surface area contributed by atoms with Crippen LogP contribution >= 0.6 is 0 Å². The molecule has 1 aliphatic rings. The third kappa shape index (κ3) is 8.33. The lowest BCUT2D eigenvalue weighted by Gasteiger charge is -1.87. The van der Waals surface area contributed by atoms with Gasteiger partial charge in [0.2, 0.25) is 0 Å². The van der Waals surface area contributed by atoms with E-state index in [9.17, 15) is 0 Å². The van der Waals surface area contributed by atoms with Crippen LogP contribution in [-0.2, 0) is 7.05 Å². The highest BCUT2D eigenvalue weighted by Gasteiger charge is 2.27. The first kappa shape index (κ1) is 19.4. The maximum atomic E-state index is 5.04. The fraction of sp³-hybridized carbons (Fsp3) is 0.647. The lowest BCUT2D eigenvalue weighted by molar-refractivity contribution is 0.380. The van der Waals surface area contributed by atoms with Gasteiger partial charge in [0.25, 0.3) is 0 Å². The summed E-state index contributed by atoms with van der Waals surface area (Å²) in [4.78, 5) is 0. The molecule has 0 atom stereocenters. The summed E-state index contributed by atoms with van der Waals surface area (Å²) in [5.74, 6) is 1.78. The summed E-state index contributed by atoms with van der Waals surface area (Å²) in [6.07, 6.45) is 5.61. The van der Waals surface area contributed by atoms with Crippen molar-refractivity contribution in [1.82, 2.24) is 14.9 Å². The van der Waals surface area contributed by atoms with Gasteiger partial charge >= 0.3 is 0 Å². The summed E-state index contributed by atoms with van der Waals surface area (Å²) in [6.45, 7) is 12.2. The zero-order valence-electron chi connectivity index (χ0n) is 14.7. The molecule has 0 saturated heterocycles. The average molecular weight is 293 g/mol. The Morgan fingerprint density at radius 2 is 1.81 bits per heavy atom. The number of hydrogen-bond donors (Lipinski definition) is 0. The molecule has 0 unspecified atom stereocenters. The maximum absolute atomic E-state index is 5.04. The summed E-state index contributed by atoms with van der Waals surface area (Å²) in [7, 11) is 1.93. The first-order valence-corrected chi connectivity index (χ1v) is 7.96. The minimum absolute atomic E-state index is 0.700. The van der Waals surface area contributed by atoms with Gasteiger partial charge in [-0.05, 0) is 32.8 Å². The Morgan fingerprint density at radius 3 is 2.05 bits per heavy atom. The van der Waals surface area contributed by atoms with Gasteiger partial charge in [-0.15, -0.1) is 0 Å². The summed E-state index contributed by atoms with van der Waals surface area (Å²) >= 11 is 0. The molecule has 21 heavy (non-hydrogen) atoms. The Bertz CT molecular complexity index is 453. The van der Waals surface area contributed by atoms with Crippen LogP contribution < -0.4 is 0 Å². The van der Waals surface area contributed by atoms with Gasteiger partial charge in [0.1, 0.15) is 5.76 Å². The van der Waals surface area contributed by atoms with Crippen molar-refractivity contribution in [2.24, 2.45) is 7.05 Å². The molecule has 0 bridgehead atoms. The first-order chi connectivity index (χ1) is 10.1. The van der Waals surface area contributed by atoms with Gasteiger partial charge in [-0.2, -0.15) is 5.10 Å². The molecule has 0 aliphatic heterocycles. The molecular weight excluding hydrogens is 262 g/mol. The van der Waals surface area contributed by atoms with Crippen LogP contribution in [-0.4, -0.2) is 14.9 Å². The molecule has 1 saturated carbocycles. The van der Waals surface area contributed by atoms with E-state index in [4.69, 9.17) is 4.52 Å². The van der Waals surface area contributed by atoms with Crippen molar-refractivity contribution in [2.75, 3.05) is 0 Å². The third-order valence-electron chi connectivity index (χ3n) is 2.69. The molecule has 120 valence electrons. The van der Waals surface area contributed by atoms with Crippen LogP contribution in [0.2, 0.25) is 0 Å². The van der Waals surface area contributed by atoms with Crippen LogP contribution in [0.15, 0.2) is 22.9 Å². The Labute approximate surface area is 129 Å². The van der Waals surface area contributed by atoms with Crippen molar-refractivity contribution in [3.63, 3.8) is 0 Å². The minimum Gasteiger partial charge on any atom is -0.361 e. The minimum atomic E-state index is 0.700. The molecule has 2 aromatic heterocycles. The molecule has 1 fully saturated rings.